The Morgan fingerprint density at radius 2 is 0.769 bits per heavy atom. The van der Waals surface area contributed by atoms with Crippen LogP contribution >= 0.6 is 0 Å². The van der Waals surface area contributed by atoms with Gasteiger partial charge in [-0.1, -0.05) is 0 Å². The van der Waals surface area contributed by atoms with Gasteiger partial charge in [-0.05, 0) is 0 Å². The Bertz CT molecular complexity index is 259. The molecule has 0 saturated heterocycles. The first kappa shape index (κ1) is 35.8. The molecule has 0 aromatic rings. The molecule has 18 heteroatoms. The third kappa shape index (κ3) is 141. The van der Waals surface area contributed by atoms with Crippen LogP contribution in [0.4, 0.5) is 0 Å². The summed E-state index contributed by atoms with van der Waals surface area (Å²) in [7, 11) is 0. The number of aliphatic hydroxyl groups is 2. The van der Waals surface area contributed by atoms with Gasteiger partial charge in [0.25, 0.3) is 5.09 Å². The number of rotatable bonds is 10. The van der Waals surface area contributed by atoms with Gasteiger partial charge in [0.2, 0.25) is 0 Å². The predicted molar refractivity (Wildman–Crippen MR) is 69.8 cm³/mol. The first-order chi connectivity index (χ1) is 11.6. The largest absolute Gasteiger partial charge is 0.472 e. The van der Waals surface area contributed by atoms with Crippen molar-refractivity contribution in [3.8, 4) is 0 Å². The summed E-state index contributed by atoms with van der Waals surface area (Å²) in [5.41, 5.74) is 0. The van der Waals surface area contributed by atoms with E-state index >= 15 is 0 Å². The van der Waals surface area contributed by atoms with Crippen LogP contribution in [0, 0.1) is 60.8 Å². The van der Waals surface area contributed by atoms with E-state index < -0.39 is 15.3 Å². The van der Waals surface area contributed by atoms with E-state index in [1.54, 1.807) is 0 Å². The number of nitrogens with zero attached hydrogens (tertiary/aromatic N) is 3. The maximum Gasteiger partial charge on any atom is 0.472 e. The Kier molecular flexibility index (Phi) is 48.1. The van der Waals surface area contributed by atoms with Crippen LogP contribution < -0.4 is 0 Å². The molecular weight excluding hydrogens is 506 g/mol. The monoisotopic (exact) mass is 527 g/mol. The summed E-state index contributed by atoms with van der Waals surface area (Å²) < 4.78 is 15.0. The van der Waals surface area contributed by atoms with Gasteiger partial charge < -0.3 is 29.6 Å². The minimum Gasteiger partial charge on any atom is -0.394 e. The molecule has 0 unspecified atom stereocenters. The molecule has 0 heterocycles. The zero-order valence-corrected chi connectivity index (χ0v) is 16.7. The van der Waals surface area contributed by atoms with Crippen LogP contribution in [-0.4, -0.2) is 104 Å². The number of hydrogen-bond acceptors (Lipinski definition) is 9. The molecule has 7 N–H and O–H groups in total. The van der Waals surface area contributed by atoms with Gasteiger partial charge in [0.1, 0.15) is 9.81 Å². The molecule has 0 aromatic carbocycles. The normalized spacial score (nSPS) is 8.08. The predicted octanol–water partition coefficient (Wildman–Crippen LogP) is -2.24. The number of aliphatic hydroxyl groups excluding tert-OH is 2. The van der Waals surface area contributed by atoms with Gasteiger partial charge in [0.15, 0.2) is 0 Å². The Labute approximate surface area is 178 Å². The first-order valence-corrected chi connectivity index (χ1v) is 6.09. The van der Waals surface area contributed by atoms with Crippen molar-refractivity contribution < 1.29 is 107 Å². The molecule has 0 atom stereocenters. The van der Waals surface area contributed by atoms with E-state index in [0.29, 0.717) is 39.6 Å². The maximum absolute atomic E-state index is 8.47. The van der Waals surface area contributed by atoms with Gasteiger partial charge in [0.05, 0.1) is 52.9 Å². The van der Waals surface area contributed by atoms with E-state index in [0.717, 1.165) is 0 Å². The zero-order chi connectivity index (χ0) is 20.5. The smallest absolute Gasteiger partial charge is 0.394 e. The Morgan fingerprint density at radius 1 is 0.615 bits per heavy atom. The van der Waals surface area contributed by atoms with Gasteiger partial charge >= 0.3 is 10.2 Å². The van der Waals surface area contributed by atoms with Crippen LogP contribution in [-0.2, 0) is 14.2 Å². The van der Waals surface area contributed by atoms with Gasteiger partial charge in [0, 0.05) is 40.8 Å². The topological polar surface area (TPSA) is 253 Å². The molecule has 0 amide bonds. The molecule has 0 aliphatic heterocycles. The average molecular weight is 530 g/mol. The van der Waals surface area contributed by atoms with Crippen LogP contribution in [0.25, 0.3) is 0 Å². The Hall–Kier alpha value is -1.25. The fourth-order valence-electron chi connectivity index (χ4n) is 0.671. The average Bonchev–Trinajstić information content (AvgIpc) is 2.44. The second-order valence-electron chi connectivity index (χ2n) is 3.03. The van der Waals surface area contributed by atoms with E-state index in [-0.39, 0.29) is 54.1 Å². The van der Waals surface area contributed by atoms with Crippen molar-refractivity contribution in [3.63, 3.8) is 0 Å². The SMILES string of the molecule is O=[N+](O)O.O=[N+](O)O.O=[N+]([O-])O.OCCOCCOCCOCCO.[Nd]. The van der Waals surface area contributed by atoms with E-state index in [9.17, 15) is 0 Å². The molecule has 0 bridgehead atoms. The van der Waals surface area contributed by atoms with Gasteiger partial charge in [-0.15, -0.1) is 10.1 Å². The maximum atomic E-state index is 8.47. The summed E-state index contributed by atoms with van der Waals surface area (Å²) in [4.78, 5) is 25.3. The molecule has 0 aliphatic rings. The van der Waals surface area contributed by atoms with Crippen LogP contribution in [0.15, 0.2) is 0 Å². The standard InChI is InChI=1S/C8H18O5.2H2NO3.HNO3.Nd/c9-1-3-11-5-7-13-8-6-12-4-2-10;3*2-1(3)4;/h9-10H,1-8H2;2*(H2,2,3,4);(H,2,3,4);/q;2*+1;;. The van der Waals surface area contributed by atoms with Crippen molar-refractivity contribution in [2.24, 2.45) is 0 Å². The molecule has 0 radical (unpaired) electrons. The summed E-state index contributed by atoms with van der Waals surface area (Å²) in [6.45, 7) is 2.76. The van der Waals surface area contributed by atoms with Crippen molar-refractivity contribution >= 4 is 0 Å². The van der Waals surface area contributed by atoms with Crippen molar-refractivity contribution in [2.75, 3.05) is 52.9 Å². The quantitative estimate of drug-likeness (QED) is 0.0897. The first-order valence-electron chi connectivity index (χ1n) is 6.09. The molecule has 0 saturated carbocycles. The molecule has 0 rings (SSSR count). The second kappa shape index (κ2) is 35.0. The van der Waals surface area contributed by atoms with Crippen LogP contribution in [0.3, 0.4) is 0 Å². The molecule has 0 spiro atoms. The Morgan fingerprint density at radius 3 is 0.923 bits per heavy atom. The summed E-state index contributed by atoms with van der Waals surface area (Å²) in [5, 5.41) is 55.4. The molecule has 17 nitrogen and oxygen atoms in total. The fourth-order valence-corrected chi connectivity index (χ4v) is 0.671. The third-order valence-corrected chi connectivity index (χ3v) is 1.22. The zero-order valence-electron chi connectivity index (χ0n) is 13.5. The summed E-state index contributed by atoms with van der Waals surface area (Å²) in [6, 6.07) is 0. The van der Waals surface area contributed by atoms with Crippen molar-refractivity contribution in [1.82, 2.24) is 0 Å². The summed E-state index contributed by atoms with van der Waals surface area (Å²) >= 11 is 0. The Balaban J connectivity index is -0.0000000933. The van der Waals surface area contributed by atoms with Gasteiger partial charge in [-0.3, -0.25) is 0 Å². The molecule has 0 fully saturated rings. The van der Waals surface area contributed by atoms with E-state index in [4.69, 9.17) is 70.4 Å². The summed E-state index contributed by atoms with van der Waals surface area (Å²) in [6.07, 6.45) is 0. The third-order valence-electron chi connectivity index (χ3n) is 1.22. The van der Waals surface area contributed by atoms with Crippen LogP contribution in [0.5, 0.6) is 0 Å². The van der Waals surface area contributed by atoms with E-state index in [1.807, 2.05) is 0 Å². The van der Waals surface area contributed by atoms with E-state index in [1.165, 1.54) is 0 Å². The van der Waals surface area contributed by atoms with Gasteiger partial charge in [-0.2, -0.15) is 0 Å². The minimum absolute atomic E-state index is 0. The molecule has 0 aromatic heterocycles. The minimum atomic E-state index is -1.50. The second-order valence-corrected chi connectivity index (χ2v) is 3.03. The number of ether oxygens (including phenoxy) is 3. The van der Waals surface area contributed by atoms with Crippen LogP contribution in [0.2, 0.25) is 0 Å². The summed E-state index contributed by atoms with van der Waals surface area (Å²) in [5.74, 6) is 0. The molecule has 26 heavy (non-hydrogen) atoms. The number of hydrogen-bond donors (Lipinski definition) is 7. The van der Waals surface area contributed by atoms with E-state index in [2.05, 4.69) is 0 Å². The van der Waals surface area contributed by atoms with Crippen molar-refractivity contribution in [1.29, 1.82) is 0 Å². The van der Waals surface area contributed by atoms with Gasteiger partial charge in [-0.25, -0.2) is 20.8 Å². The van der Waals surface area contributed by atoms with Crippen molar-refractivity contribution in [3.05, 3.63) is 19.9 Å². The van der Waals surface area contributed by atoms with Crippen molar-refractivity contribution in [2.45, 2.75) is 0 Å². The van der Waals surface area contributed by atoms with Crippen LogP contribution in [0.1, 0.15) is 0 Å². The molecule has 156 valence electrons. The fraction of sp³-hybridized carbons (Fsp3) is 1.00. The molecule has 0 aliphatic carbocycles. The molecular formula is C8H23N3NdO14+2.